The second-order valence-corrected chi connectivity index (χ2v) is 7.90. The summed E-state index contributed by atoms with van der Waals surface area (Å²) in [7, 11) is 0. The Morgan fingerprint density at radius 1 is 0.759 bits per heavy atom. The van der Waals surface area contributed by atoms with Gasteiger partial charge in [0.2, 0.25) is 5.91 Å². The van der Waals surface area contributed by atoms with Crippen molar-refractivity contribution in [3.63, 3.8) is 0 Å². The first-order valence-corrected chi connectivity index (χ1v) is 11.0. The molecule has 0 saturated carbocycles. The van der Waals surface area contributed by atoms with E-state index >= 15 is 0 Å². The molecule has 0 aliphatic carbocycles. The molecule has 0 aliphatic heterocycles. The molecular formula is C21H41N2O6+. The van der Waals surface area contributed by atoms with E-state index in [4.69, 9.17) is 10.2 Å². The van der Waals surface area contributed by atoms with Crippen LogP contribution in [-0.4, -0.2) is 77.0 Å². The summed E-state index contributed by atoms with van der Waals surface area (Å²) in [5, 5.41) is 30.2. The van der Waals surface area contributed by atoms with Crippen LogP contribution in [0.2, 0.25) is 0 Å². The minimum Gasteiger partial charge on any atom is -0.477 e. The van der Waals surface area contributed by atoms with Crippen LogP contribution in [0.3, 0.4) is 0 Å². The molecule has 8 heteroatoms. The Balaban J connectivity index is 3.99. The van der Waals surface area contributed by atoms with Crippen LogP contribution in [0.25, 0.3) is 0 Å². The van der Waals surface area contributed by atoms with Gasteiger partial charge in [0.25, 0.3) is 0 Å². The number of nitrogens with zero attached hydrogens (tertiary/aromatic N) is 1. The molecule has 0 aromatic heterocycles. The van der Waals surface area contributed by atoms with Gasteiger partial charge in [-0.05, 0) is 6.42 Å². The van der Waals surface area contributed by atoms with Gasteiger partial charge in [-0.1, -0.05) is 58.3 Å². The minimum absolute atomic E-state index is 0.0235. The second-order valence-electron chi connectivity index (χ2n) is 7.90. The average molecular weight is 418 g/mol. The first-order valence-electron chi connectivity index (χ1n) is 11.0. The fraction of sp³-hybridized carbons (Fsp3) is 0.857. The second kappa shape index (κ2) is 17.2. The summed E-state index contributed by atoms with van der Waals surface area (Å²) in [5.41, 5.74) is 0. The zero-order chi connectivity index (χ0) is 22.0. The SMILES string of the molecule is CCCCCCCCCCCC(=O)NCCC[N+](CCO)(CC(=O)O)CC(=O)O. The molecule has 1 amide bonds. The predicted octanol–water partition coefficient (Wildman–Crippen LogP) is 2.39. The normalized spacial score (nSPS) is 11.4. The lowest BCUT2D eigenvalue weighted by Crippen LogP contribution is -2.56. The van der Waals surface area contributed by atoms with E-state index in [0.29, 0.717) is 19.4 Å². The van der Waals surface area contributed by atoms with Crippen molar-refractivity contribution in [1.82, 2.24) is 5.32 Å². The van der Waals surface area contributed by atoms with Gasteiger partial charge in [-0.25, -0.2) is 9.59 Å². The number of nitrogens with one attached hydrogen (secondary N) is 1. The third-order valence-corrected chi connectivity index (χ3v) is 5.15. The predicted molar refractivity (Wildman–Crippen MR) is 112 cm³/mol. The summed E-state index contributed by atoms with van der Waals surface area (Å²) < 4.78 is -0.227. The summed E-state index contributed by atoms with van der Waals surface area (Å²) in [6.45, 7) is 1.91. The standard InChI is InChI=1S/C21H40N2O6/c1-2-3-4-5-6-7-8-9-10-12-19(25)22-13-11-14-23(15-16-24,17-20(26)27)18-21(28)29/h24H,2-18H2,1H3,(H2-,22,25,26,27,28,29)/p+1. The van der Waals surface area contributed by atoms with Crippen molar-refractivity contribution in [2.45, 2.75) is 77.6 Å². The van der Waals surface area contributed by atoms with E-state index in [9.17, 15) is 19.5 Å². The van der Waals surface area contributed by atoms with Crippen LogP contribution in [0, 0.1) is 0 Å². The number of aliphatic hydroxyl groups is 1. The van der Waals surface area contributed by atoms with Crippen molar-refractivity contribution in [2.24, 2.45) is 0 Å². The maximum absolute atomic E-state index is 11.9. The number of carbonyl (C=O) groups is 3. The Morgan fingerprint density at radius 2 is 1.28 bits per heavy atom. The molecule has 0 rings (SSSR count). The number of hydrogen-bond acceptors (Lipinski definition) is 4. The van der Waals surface area contributed by atoms with Gasteiger partial charge < -0.3 is 25.1 Å². The van der Waals surface area contributed by atoms with E-state index < -0.39 is 11.9 Å². The summed E-state index contributed by atoms with van der Waals surface area (Å²) >= 11 is 0. The lowest BCUT2D eigenvalue weighted by Gasteiger charge is -2.35. The van der Waals surface area contributed by atoms with Gasteiger partial charge >= 0.3 is 11.9 Å². The number of aliphatic hydroxyl groups excluding tert-OH is 1. The molecule has 0 aromatic carbocycles. The molecule has 0 heterocycles. The molecule has 0 bridgehead atoms. The number of carboxylic acids is 2. The minimum atomic E-state index is -1.10. The lowest BCUT2D eigenvalue weighted by molar-refractivity contribution is -0.914. The third kappa shape index (κ3) is 15.9. The lowest BCUT2D eigenvalue weighted by atomic mass is 10.1. The quantitative estimate of drug-likeness (QED) is 0.178. The van der Waals surface area contributed by atoms with E-state index in [0.717, 1.165) is 19.3 Å². The van der Waals surface area contributed by atoms with E-state index in [1.807, 2.05) is 0 Å². The van der Waals surface area contributed by atoms with Gasteiger partial charge in [0, 0.05) is 19.4 Å². The first kappa shape index (κ1) is 27.3. The van der Waals surface area contributed by atoms with Gasteiger partial charge in [0.15, 0.2) is 13.1 Å². The Kier molecular flexibility index (Phi) is 16.2. The molecule has 0 fully saturated rings. The molecule has 4 N–H and O–H groups in total. The van der Waals surface area contributed by atoms with Crippen molar-refractivity contribution in [3.05, 3.63) is 0 Å². The summed E-state index contributed by atoms with van der Waals surface area (Å²) in [6, 6.07) is 0. The van der Waals surface area contributed by atoms with E-state index in [2.05, 4.69) is 12.2 Å². The molecule has 0 saturated heterocycles. The molecule has 0 radical (unpaired) electrons. The molecule has 0 aromatic rings. The number of quaternary nitrogens is 1. The molecule has 0 aliphatic rings. The number of hydrogen-bond donors (Lipinski definition) is 4. The highest BCUT2D eigenvalue weighted by Crippen LogP contribution is 2.11. The maximum atomic E-state index is 11.9. The summed E-state index contributed by atoms with van der Waals surface area (Å²) in [6.07, 6.45) is 11.7. The van der Waals surface area contributed by atoms with Crippen LogP contribution in [-0.2, 0) is 14.4 Å². The summed E-state index contributed by atoms with van der Waals surface area (Å²) in [4.78, 5) is 34.1. The van der Waals surface area contributed by atoms with Gasteiger partial charge in [-0.3, -0.25) is 4.79 Å². The number of carboxylic acid groups (broad SMARTS) is 2. The van der Waals surface area contributed by atoms with Crippen molar-refractivity contribution in [2.75, 3.05) is 39.3 Å². The number of carbonyl (C=O) groups excluding carboxylic acids is 1. The number of unbranched alkanes of at least 4 members (excludes halogenated alkanes) is 8. The highest BCUT2D eigenvalue weighted by atomic mass is 16.4. The zero-order valence-electron chi connectivity index (χ0n) is 18.0. The van der Waals surface area contributed by atoms with Gasteiger partial charge in [0.1, 0.15) is 6.54 Å². The van der Waals surface area contributed by atoms with Crippen LogP contribution in [0.15, 0.2) is 0 Å². The van der Waals surface area contributed by atoms with Crippen molar-refractivity contribution < 1.29 is 34.2 Å². The van der Waals surface area contributed by atoms with Gasteiger partial charge in [-0.2, -0.15) is 0 Å². The first-order chi connectivity index (χ1) is 13.8. The van der Waals surface area contributed by atoms with Crippen molar-refractivity contribution in [3.8, 4) is 0 Å². The van der Waals surface area contributed by atoms with Crippen LogP contribution in [0.5, 0.6) is 0 Å². The Morgan fingerprint density at radius 3 is 1.76 bits per heavy atom. The van der Waals surface area contributed by atoms with E-state index in [-0.39, 0.29) is 43.2 Å². The van der Waals surface area contributed by atoms with Crippen LogP contribution >= 0.6 is 0 Å². The van der Waals surface area contributed by atoms with Crippen molar-refractivity contribution >= 4 is 17.8 Å². The Hall–Kier alpha value is -1.67. The molecule has 29 heavy (non-hydrogen) atoms. The smallest absolute Gasteiger partial charge is 0.359 e. The largest absolute Gasteiger partial charge is 0.477 e. The molecule has 170 valence electrons. The van der Waals surface area contributed by atoms with Crippen molar-refractivity contribution in [1.29, 1.82) is 0 Å². The van der Waals surface area contributed by atoms with Gasteiger partial charge in [0.05, 0.1) is 13.2 Å². The molecule has 0 unspecified atom stereocenters. The fourth-order valence-electron chi connectivity index (χ4n) is 3.60. The Bertz CT molecular complexity index is 454. The maximum Gasteiger partial charge on any atom is 0.359 e. The molecule has 8 nitrogen and oxygen atoms in total. The zero-order valence-corrected chi connectivity index (χ0v) is 18.0. The highest BCUT2D eigenvalue weighted by Gasteiger charge is 2.32. The fourth-order valence-corrected chi connectivity index (χ4v) is 3.60. The topological polar surface area (TPSA) is 124 Å². The van der Waals surface area contributed by atoms with Crippen LogP contribution in [0.4, 0.5) is 0 Å². The van der Waals surface area contributed by atoms with E-state index in [1.165, 1.54) is 38.5 Å². The molecule has 0 atom stereocenters. The van der Waals surface area contributed by atoms with Crippen LogP contribution < -0.4 is 5.32 Å². The molecule has 0 spiro atoms. The van der Waals surface area contributed by atoms with Crippen LogP contribution in [0.1, 0.15) is 77.6 Å². The number of rotatable bonds is 20. The third-order valence-electron chi connectivity index (χ3n) is 5.15. The summed E-state index contributed by atoms with van der Waals surface area (Å²) in [5.74, 6) is -2.23. The number of aliphatic carboxylic acids is 2. The number of amides is 1. The molecular weight excluding hydrogens is 376 g/mol. The van der Waals surface area contributed by atoms with Gasteiger partial charge in [-0.15, -0.1) is 0 Å². The van der Waals surface area contributed by atoms with E-state index in [1.54, 1.807) is 0 Å². The highest BCUT2D eigenvalue weighted by molar-refractivity contribution is 5.75. The Labute approximate surface area is 174 Å². The monoisotopic (exact) mass is 417 g/mol. The average Bonchev–Trinajstić information content (AvgIpc) is 2.63.